The van der Waals surface area contributed by atoms with E-state index < -0.39 is 23.6 Å². The molecule has 1 atom stereocenters. The monoisotopic (exact) mass is 356 g/mol. The van der Waals surface area contributed by atoms with Gasteiger partial charge in [0, 0.05) is 19.0 Å². The summed E-state index contributed by atoms with van der Waals surface area (Å²) >= 11 is 2.88. The van der Waals surface area contributed by atoms with Crippen molar-refractivity contribution in [2.24, 2.45) is 0 Å². The summed E-state index contributed by atoms with van der Waals surface area (Å²) in [6, 6.07) is 1.39. The third-order valence-corrected chi connectivity index (χ3v) is 3.92. The fraction of sp³-hybridized carbons (Fsp3) is 0.231. The maximum atomic E-state index is 13.7. The van der Waals surface area contributed by atoms with Gasteiger partial charge >= 0.3 is 0 Å². The minimum Gasteiger partial charge on any atom is -0.347 e. The normalized spacial score (nSPS) is 17.4. The van der Waals surface area contributed by atoms with E-state index in [4.69, 9.17) is 0 Å². The van der Waals surface area contributed by atoms with Crippen molar-refractivity contribution >= 4 is 27.5 Å². The van der Waals surface area contributed by atoms with E-state index in [1.54, 1.807) is 6.33 Å². The molecule has 1 aromatic heterocycles. The van der Waals surface area contributed by atoms with Gasteiger partial charge in [0.15, 0.2) is 0 Å². The number of hydrogen-bond donors (Lipinski definition) is 3. The highest BCUT2D eigenvalue weighted by atomic mass is 79.9. The van der Waals surface area contributed by atoms with Crippen molar-refractivity contribution in [2.75, 3.05) is 5.32 Å². The average molecular weight is 357 g/mol. The zero-order valence-electron chi connectivity index (χ0n) is 10.7. The third kappa shape index (κ3) is 2.81. The van der Waals surface area contributed by atoms with Crippen LogP contribution in [0.3, 0.4) is 0 Å². The molecule has 1 unspecified atom stereocenters. The van der Waals surface area contributed by atoms with Gasteiger partial charge in [0.2, 0.25) is 5.91 Å². The molecule has 2 heterocycles. The van der Waals surface area contributed by atoms with Gasteiger partial charge in [0.25, 0.3) is 0 Å². The Morgan fingerprint density at radius 1 is 1.38 bits per heavy atom. The Hall–Kier alpha value is -1.80. The van der Waals surface area contributed by atoms with Crippen LogP contribution in [0.2, 0.25) is 0 Å². The van der Waals surface area contributed by atoms with Crippen LogP contribution in [0.1, 0.15) is 11.4 Å². The largest absolute Gasteiger partial charge is 0.347 e. The Kier molecular flexibility index (Phi) is 3.73. The number of amides is 1. The molecule has 1 amide bonds. The van der Waals surface area contributed by atoms with Gasteiger partial charge in [-0.05, 0) is 22.0 Å². The van der Waals surface area contributed by atoms with Crippen molar-refractivity contribution in [2.45, 2.75) is 19.0 Å². The SMILES string of the molecule is O=C(Nc1cc(F)c(Br)cc1F)C1Cc2nc[nH]c2CN1. The number of nitrogens with zero attached hydrogens (tertiary/aromatic N) is 1. The summed E-state index contributed by atoms with van der Waals surface area (Å²) in [4.78, 5) is 19.2. The number of H-pyrrole nitrogens is 1. The Bertz CT molecular complexity index is 703. The molecule has 2 aromatic rings. The molecule has 0 saturated heterocycles. The van der Waals surface area contributed by atoms with Crippen molar-refractivity contribution in [3.63, 3.8) is 0 Å². The van der Waals surface area contributed by atoms with E-state index in [2.05, 4.69) is 36.5 Å². The van der Waals surface area contributed by atoms with Gasteiger partial charge in [-0.25, -0.2) is 13.8 Å². The Labute approximate surface area is 127 Å². The highest BCUT2D eigenvalue weighted by Gasteiger charge is 2.26. The van der Waals surface area contributed by atoms with Gasteiger partial charge in [-0.3, -0.25) is 10.1 Å². The first-order valence-corrected chi connectivity index (χ1v) is 7.04. The van der Waals surface area contributed by atoms with Crippen LogP contribution < -0.4 is 10.6 Å². The number of anilines is 1. The summed E-state index contributed by atoms with van der Waals surface area (Å²) in [7, 11) is 0. The second-order valence-electron chi connectivity index (χ2n) is 4.70. The summed E-state index contributed by atoms with van der Waals surface area (Å²) in [5, 5.41) is 5.41. The molecular weight excluding hydrogens is 346 g/mol. The van der Waals surface area contributed by atoms with Crippen molar-refractivity contribution < 1.29 is 13.6 Å². The molecule has 3 N–H and O–H groups in total. The number of halogens is 3. The fourth-order valence-corrected chi connectivity index (χ4v) is 2.51. The van der Waals surface area contributed by atoms with Gasteiger partial charge < -0.3 is 10.3 Å². The molecule has 3 rings (SSSR count). The fourth-order valence-electron chi connectivity index (χ4n) is 2.19. The number of carbonyl (C=O) groups excluding carboxylic acids is 1. The van der Waals surface area contributed by atoms with Gasteiger partial charge in [0.1, 0.15) is 11.6 Å². The highest BCUT2D eigenvalue weighted by molar-refractivity contribution is 9.10. The van der Waals surface area contributed by atoms with E-state index in [1.807, 2.05) is 0 Å². The van der Waals surface area contributed by atoms with E-state index in [0.29, 0.717) is 13.0 Å². The maximum absolute atomic E-state index is 13.7. The van der Waals surface area contributed by atoms with Crippen LogP contribution in [0.5, 0.6) is 0 Å². The first kappa shape index (κ1) is 14.2. The van der Waals surface area contributed by atoms with Crippen molar-refractivity contribution in [3.05, 3.63) is 46.0 Å². The molecule has 0 saturated carbocycles. The predicted molar refractivity (Wildman–Crippen MR) is 75.6 cm³/mol. The number of benzene rings is 1. The Morgan fingerprint density at radius 2 is 2.19 bits per heavy atom. The minimum absolute atomic E-state index is 0.00922. The van der Waals surface area contributed by atoms with E-state index in [-0.39, 0.29) is 10.2 Å². The summed E-state index contributed by atoms with van der Waals surface area (Å²) in [5.41, 5.74) is 1.55. The third-order valence-electron chi connectivity index (χ3n) is 3.31. The first-order valence-electron chi connectivity index (χ1n) is 6.24. The Balaban J connectivity index is 1.74. The number of carbonyl (C=O) groups is 1. The standard InChI is InChI=1S/C13H11BrF2N4O/c14-6-1-8(16)9(2-7(6)15)20-13(21)11-3-10-12(4-17-11)19-5-18-10/h1-2,5,11,17H,3-4H2,(H,18,19)(H,20,21). The summed E-state index contributed by atoms with van der Waals surface area (Å²) in [6.45, 7) is 0.477. The molecule has 0 radical (unpaired) electrons. The zero-order chi connectivity index (χ0) is 15.0. The number of nitrogens with one attached hydrogen (secondary N) is 3. The quantitative estimate of drug-likeness (QED) is 0.721. The lowest BCUT2D eigenvalue weighted by molar-refractivity contribution is -0.118. The van der Waals surface area contributed by atoms with Crippen molar-refractivity contribution in [1.29, 1.82) is 0 Å². The number of imidazole rings is 1. The van der Waals surface area contributed by atoms with Crippen LogP contribution in [-0.4, -0.2) is 21.9 Å². The van der Waals surface area contributed by atoms with Gasteiger partial charge in [-0.2, -0.15) is 0 Å². The summed E-state index contributed by atoms with van der Waals surface area (Å²) in [6.07, 6.45) is 1.96. The zero-order valence-corrected chi connectivity index (χ0v) is 12.3. The topological polar surface area (TPSA) is 69.8 Å². The molecule has 1 aliphatic heterocycles. The smallest absolute Gasteiger partial charge is 0.242 e. The maximum Gasteiger partial charge on any atom is 0.242 e. The second kappa shape index (κ2) is 5.53. The molecule has 8 heteroatoms. The molecule has 0 spiro atoms. The van der Waals surface area contributed by atoms with Crippen LogP contribution >= 0.6 is 15.9 Å². The summed E-state index contributed by atoms with van der Waals surface area (Å²) < 4.78 is 27.1. The molecule has 5 nitrogen and oxygen atoms in total. The van der Waals surface area contributed by atoms with E-state index in [1.165, 1.54) is 0 Å². The van der Waals surface area contributed by atoms with Crippen molar-refractivity contribution in [3.8, 4) is 0 Å². The summed E-state index contributed by atoms with van der Waals surface area (Å²) in [5.74, 6) is -1.77. The van der Waals surface area contributed by atoms with Gasteiger partial charge in [0.05, 0.1) is 33.9 Å². The number of hydrogen-bond acceptors (Lipinski definition) is 3. The minimum atomic E-state index is -0.701. The molecule has 0 aliphatic carbocycles. The molecule has 21 heavy (non-hydrogen) atoms. The lowest BCUT2D eigenvalue weighted by Crippen LogP contribution is -2.44. The Morgan fingerprint density at radius 3 is 3.00 bits per heavy atom. The van der Waals surface area contributed by atoms with Crippen molar-refractivity contribution in [1.82, 2.24) is 15.3 Å². The lowest BCUT2D eigenvalue weighted by Gasteiger charge is -2.22. The number of aromatic amines is 1. The van der Waals surface area contributed by atoms with Gasteiger partial charge in [-0.15, -0.1) is 0 Å². The van der Waals surface area contributed by atoms with Crippen LogP contribution in [-0.2, 0) is 17.8 Å². The molecule has 0 bridgehead atoms. The molecule has 0 fully saturated rings. The second-order valence-corrected chi connectivity index (χ2v) is 5.56. The number of rotatable bonds is 2. The van der Waals surface area contributed by atoms with E-state index in [0.717, 1.165) is 23.5 Å². The van der Waals surface area contributed by atoms with E-state index in [9.17, 15) is 13.6 Å². The average Bonchev–Trinajstić information content (AvgIpc) is 2.92. The highest BCUT2D eigenvalue weighted by Crippen LogP contribution is 2.24. The van der Waals surface area contributed by atoms with Crippen LogP contribution in [0, 0.1) is 11.6 Å². The van der Waals surface area contributed by atoms with E-state index >= 15 is 0 Å². The predicted octanol–water partition coefficient (Wildman–Crippen LogP) is 2.10. The number of fused-ring (bicyclic) bond motifs is 1. The van der Waals surface area contributed by atoms with Crippen LogP contribution in [0.25, 0.3) is 0 Å². The molecule has 1 aromatic carbocycles. The molecule has 110 valence electrons. The molecule has 1 aliphatic rings. The van der Waals surface area contributed by atoms with Crippen LogP contribution in [0.4, 0.5) is 14.5 Å². The number of aromatic nitrogens is 2. The first-order chi connectivity index (χ1) is 10.0. The molecular formula is C13H11BrF2N4O. The van der Waals surface area contributed by atoms with Gasteiger partial charge in [-0.1, -0.05) is 0 Å². The van der Waals surface area contributed by atoms with Crippen LogP contribution in [0.15, 0.2) is 22.9 Å². The lowest BCUT2D eigenvalue weighted by atomic mass is 10.0.